The van der Waals surface area contributed by atoms with Crippen molar-refractivity contribution < 1.29 is 0 Å². The molecule has 4 saturated carbocycles. The Labute approximate surface area is 118 Å². The van der Waals surface area contributed by atoms with Crippen molar-refractivity contribution in [3.05, 3.63) is 33.7 Å². The first-order chi connectivity index (χ1) is 9.65. The van der Waals surface area contributed by atoms with Gasteiger partial charge in [-0.15, -0.1) is 0 Å². The van der Waals surface area contributed by atoms with Crippen molar-refractivity contribution in [1.82, 2.24) is 4.68 Å². The molecule has 4 aliphatic rings. The van der Waals surface area contributed by atoms with E-state index < -0.39 is 0 Å². The summed E-state index contributed by atoms with van der Waals surface area (Å²) in [7, 11) is 0. The summed E-state index contributed by atoms with van der Waals surface area (Å²) in [4.78, 5) is 11.8. The molecule has 4 nitrogen and oxygen atoms in total. The average Bonchev–Trinajstić information content (AvgIpc) is 2.41. The quantitative estimate of drug-likeness (QED) is 0.792. The van der Waals surface area contributed by atoms with Gasteiger partial charge in [-0.3, -0.25) is 4.79 Å². The lowest BCUT2D eigenvalue weighted by atomic mass is 9.51. The number of nitrogens with two attached hydrogens (primary N) is 1. The van der Waals surface area contributed by atoms with Gasteiger partial charge in [0.15, 0.2) is 0 Å². The van der Waals surface area contributed by atoms with Gasteiger partial charge in [0.1, 0.15) is 11.6 Å². The largest absolute Gasteiger partial charge is 0.336 e. The summed E-state index contributed by atoms with van der Waals surface area (Å²) in [5.74, 6) is 9.56. The lowest BCUT2D eigenvalue weighted by Crippen LogP contribution is -2.44. The second kappa shape index (κ2) is 4.12. The Morgan fingerprint density at radius 1 is 1.15 bits per heavy atom. The molecule has 0 aromatic carbocycles. The first-order valence-electron chi connectivity index (χ1n) is 7.57. The number of pyridine rings is 1. The van der Waals surface area contributed by atoms with Crippen molar-refractivity contribution in [2.24, 2.45) is 23.7 Å². The zero-order valence-electron chi connectivity index (χ0n) is 11.5. The van der Waals surface area contributed by atoms with Gasteiger partial charge in [-0.05, 0) is 73.3 Å². The molecule has 0 unspecified atom stereocenters. The summed E-state index contributed by atoms with van der Waals surface area (Å²) in [6.45, 7) is 0. The molecule has 20 heavy (non-hydrogen) atoms. The van der Waals surface area contributed by atoms with Crippen LogP contribution in [0.15, 0.2) is 17.1 Å². The SMILES string of the molecule is N#Cc1cc(C2C3CC4CC(C3)CC2C4)cn(N)c1=O. The number of rotatable bonds is 1. The monoisotopic (exact) mass is 269 g/mol. The van der Waals surface area contributed by atoms with Crippen molar-refractivity contribution in [1.29, 1.82) is 5.26 Å². The van der Waals surface area contributed by atoms with Gasteiger partial charge < -0.3 is 5.84 Å². The van der Waals surface area contributed by atoms with E-state index in [1.54, 1.807) is 12.3 Å². The summed E-state index contributed by atoms with van der Waals surface area (Å²) >= 11 is 0. The lowest BCUT2D eigenvalue weighted by molar-refractivity contribution is -0.00296. The molecule has 4 bridgehead atoms. The summed E-state index contributed by atoms with van der Waals surface area (Å²) in [6.07, 6.45) is 8.48. The maximum absolute atomic E-state index is 11.8. The molecule has 1 heterocycles. The van der Waals surface area contributed by atoms with Crippen molar-refractivity contribution in [3.63, 3.8) is 0 Å². The van der Waals surface area contributed by atoms with E-state index in [-0.39, 0.29) is 11.1 Å². The minimum absolute atomic E-state index is 0.179. The number of aromatic nitrogens is 1. The molecule has 1 aromatic heterocycles. The molecule has 0 atom stereocenters. The van der Waals surface area contributed by atoms with Crippen LogP contribution in [0, 0.1) is 35.0 Å². The normalized spacial score (nSPS) is 37.9. The van der Waals surface area contributed by atoms with Gasteiger partial charge in [0.25, 0.3) is 5.56 Å². The molecule has 4 heteroatoms. The zero-order chi connectivity index (χ0) is 13.9. The molecular weight excluding hydrogens is 250 g/mol. The van der Waals surface area contributed by atoms with Crippen LogP contribution >= 0.6 is 0 Å². The van der Waals surface area contributed by atoms with Gasteiger partial charge in [0.2, 0.25) is 0 Å². The Kier molecular flexibility index (Phi) is 2.47. The fourth-order valence-electron chi connectivity index (χ4n) is 5.36. The lowest BCUT2D eigenvalue weighted by Gasteiger charge is -2.54. The number of nitriles is 1. The van der Waals surface area contributed by atoms with Crippen LogP contribution in [0.3, 0.4) is 0 Å². The second-order valence-corrected chi connectivity index (χ2v) is 6.97. The van der Waals surface area contributed by atoms with E-state index in [1.807, 2.05) is 6.07 Å². The summed E-state index contributed by atoms with van der Waals surface area (Å²) in [5.41, 5.74) is 0.899. The third kappa shape index (κ3) is 1.62. The van der Waals surface area contributed by atoms with Gasteiger partial charge in [-0.2, -0.15) is 5.26 Å². The maximum Gasteiger partial charge on any atom is 0.286 e. The second-order valence-electron chi connectivity index (χ2n) is 6.97. The van der Waals surface area contributed by atoms with E-state index in [4.69, 9.17) is 11.1 Å². The Hall–Kier alpha value is -1.76. The number of nitrogen functional groups attached to an aromatic ring is 1. The third-order valence-electron chi connectivity index (χ3n) is 5.80. The fourth-order valence-corrected chi connectivity index (χ4v) is 5.36. The topological polar surface area (TPSA) is 71.8 Å². The van der Waals surface area contributed by atoms with Gasteiger partial charge in [0, 0.05) is 6.20 Å². The van der Waals surface area contributed by atoms with Gasteiger partial charge >= 0.3 is 0 Å². The van der Waals surface area contributed by atoms with E-state index in [2.05, 4.69) is 0 Å². The Balaban J connectivity index is 1.77. The molecule has 104 valence electrons. The average molecular weight is 269 g/mol. The van der Waals surface area contributed by atoms with Crippen LogP contribution in [0.2, 0.25) is 0 Å². The van der Waals surface area contributed by atoms with Crippen LogP contribution in [0.1, 0.15) is 49.1 Å². The van der Waals surface area contributed by atoms with Crippen molar-refractivity contribution in [3.8, 4) is 6.07 Å². The summed E-state index contributed by atoms with van der Waals surface area (Å²) in [6, 6.07) is 3.78. The molecule has 2 N–H and O–H groups in total. The van der Waals surface area contributed by atoms with Crippen LogP contribution in [0.5, 0.6) is 0 Å². The van der Waals surface area contributed by atoms with Crippen LogP contribution in [-0.4, -0.2) is 4.68 Å². The van der Waals surface area contributed by atoms with E-state index in [1.165, 1.54) is 32.1 Å². The summed E-state index contributed by atoms with van der Waals surface area (Å²) < 4.78 is 1.10. The molecule has 0 aliphatic heterocycles. The molecule has 0 spiro atoms. The predicted octanol–water partition coefficient (Wildman–Crippen LogP) is 1.97. The van der Waals surface area contributed by atoms with Crippen molar-refractivity contribution in [2.45, 2.75) is 38.0 Å². The molecule has 0 amide bonds. The minimum Gasteiger partial charge on any atom is -0.336 e. The van der Waals surface area contributed by atoms with Crippen LogP contribution in [0.4, 0.5) is 0 Å². The third-order valence-corrected chi connectivity index (χ3v) is 5.80. The fraction of sp³-hybridized carbons (Fsp3) is 0.625. The Bertz CT molecular complexity index is 627. The molecule has 0 radical (unpaired) electrons. The predicted molar refractivity (Wildman–Crippen MR) is 75.4 cm³/mol. The van der Waals surface area contributed by atoms with E-state index >= 15 is 0 Å². The summed E-state index contributed by atoms with van der Waals surface area (Å²) in [5, 5.41) is 9.10. The molecular formula is C16H19N3O. The molecule has 1 aromatic rings. The van der Waals surface area contributed by atoms with E-state index in [9.17, 15) is 4.79 Å². The van der Waals surface area contributed by atoms with Crippen LogP contribution in [-0.2, 0) is 0 Å². The zero-order valence-corrected chi connectivity index (χ0v) is 11.5. The van der Waals surface area contributed by atoms with Crippen LogP contribution < -0.4 is 11.4 Å². The van der Waals surface area contributed by atoms with Crippen molar-refractivity contribution in [2.75, 3.05) is 5.84 Å². The highest BCUT2D eigenvalue weighted by atomic mass is 16.1. The first kappa shape index (κ1) is 12.0. The molecule has 4 fully saturated rings. The number of nitrogens with zero attached hydrogens (tertiary/aromatic N) is 2. The smallest absolute Gasteiger partial charge is 0.286 e. The van der Waals surface area contributed by atoms with Crippen LogP contribution in [0.25, 0.3) is 0 Å². The minimum atomic E-state index is -0.389. The standard InChI is InChI=1S/C16H19N3O/c17-7-13-6-14(8-19(18)16(13)20)15-11-2-9-1-10(4-11)5-12(15)3-9/h6,8-12,15H,1-5,18H2. The van der Waals surface area contributed by atoms with E-state index in [0.717, 1.165) is 33.9 Å². The van der Waals surface area contributed by atoms with E-state index in [0.29, 0.717) is 5.92 Å². The molecule has 4 aliphatic carbocycles. The number of hydrogen-bond donors (Lipinski definition) is 1. The van der Waals surface area contributed by atoms with Gasteiger partial charge in [-0.25, -0.2) is 4.68 Å². The maximum atomic E-state index is 11.8. The highest BCUT2D eigenvalue weighted by molar-refractivity contribution is 5.33. The first-order valence-corrected chi connectivity index (χ1v) is 7.57. The molecule has 0 saturated heterocycles. The van der Waals surface area contributed by atoms with Gasteiger partial charge in [0.05, 0.1) is 0 Å². The number of hydrogen-bond acceptors (Lipinski definition) is 3. The van der Waals surface area contributed by atoms with Crippen molar-refractivity contribution >= 4 is 0 Å². The Morgan fingerprint density at radius 3 is 2.30 bits per heavy atom. The van der Waals surface area contributed by atoms with Gasteiger partial charge in [-0.1, -0.05) is 0 Å². The molecule has 5 rings (SSSR count). The Morgan fingerprint density at radius 2 is 1.75 bits per heavy atom. The highest BCUT2D eigenvalue weighted by Gasteiger charge is 2.48. The highest BCUT2D eigenvalue weighted by Crippen LogP contribution is 2.59.